The normalized spacial score (nSPS) is 14.5. The second kappa shape index (κ2) is 7.38. The second-order valence-electron chi connectivity index (χ2n) is 6.79. The summed E-state index contributed by atoms with van der Waals surface area (Å²) in [5.74, 6) is -1.33. The number of nitrogens with zero attached hydrogens (tertiary/aromatic N) is 1. The monoisotopic (exact) mass is 450 g/mol. The molecular formula is C21H14F4N2O3S. The quantitative estimate of drug-likeness (QED) is 0.591. The minimum Gasteiger partial charge on any atom is -0.325 e. The Kier molecular flexibility index (Phi) is 4.97. The Balaban J connectivity index is 1.64. The van der Waals surface area contributed by atoms with Crippen molar-refractivity contribution in [3.05, 3.63) is 78.1 Å². The molecule has 1 aliphatic rings. The number of anilines is 2. The number of benzene rings is 3. The van der Waals surface area contributed by atoms with Crippen LogP contribution < -0.4 is 9.62 Å². The van der Waals surface area contributed by atoms with E-state index in [1.165, 1.54) is 24.3 Å². The Hall–Kier alpha value is -3.40. The highest BCUT2D eigenvalue weighted by atomic mass is 32.2. The highest BCUT2D eigenvalue weighted by Crippen LogP contribution is 2.43. The van der Waals surface area contributed by atoms with Gasteiger partial charge in [-0.3, -0.25) is 9.10 Å². The molecule has 5 nitrogen and oxygen atoms in total. The van der Waals surface area contributed by atoms with Crippen LogP contribution in [0.3, 0.4) is 0 Å². The first-order chi connectivity index (χ1) is 14.6. The van der Waals surface area contributed by atoms with Gasteiger partial charge in [-0.2, -0.15) is 13.2 Å². The summed E-state index contributed by atoms with van der Waals surface area (Å²) in [5.41, 5.74) is -0.0457. The third kappa shape index (κ3) is 3.86. The van der Waals surface area contributed by atoms with Crippen LogP contribution in [0.1, 0.15) is 5.56 Å². The van der Waals surface area contributed by atoms with Crippen LogP contribution in [-0.4, -0.2) is 20.9 Å². The van der Waals surface area contributed by atoms with Gasteiger partial charge in [0, 0.05) is 16.8 Å². The lowest BCUT2D eigenvalue weighted by atomic mass is 10.0. The fourth-order valence-corrected chi connectivity index (χ4v) is 5.00. The average molecular weight is 450 g/mol. The molecule has 1 amide bonds. The van der Waals surface area contributed by atoms with E-state index < -0.39 is 40.0 Å². The van der Waals surface area contributed by atoms with E-state index in [1.54, 1.807) is 12.1 Å². The molecule has 1 aliphatic heterocycles. The van der Waals surface area contributed by atoms with Crippen molar-refractivity contribution in [3.8, 4) is 11.1 Å². The maximum absolute atomic E-state index is 13.8. The molecule has 3 aromatic rings. The van der Waals surface area contributed by atoms with Crippen LogP contribution in [0.25, 0.3) is 11.1 Å². The Bertz CT molecular complexity index is 1270. The predicted octanol–water partition coefficient (Wildman–Crippen LogP) is 4.66. The number of carbonyl (C=O) groups is 1. The van der Waals surface area contributed by atoms with Gasteiger partial charge in [-0.05, 0) is 48.5 Å². The van der Waals surface area contributed by atoms with Crippen molar-refractivity contribution in [1.29, 1.82) is 0 Å². The smallest absolute Gasteiger partial charge is 0.325 e. The molecule has 0 fully saturated rings. The summed E-state index contributed by atoms with van der Waals surface area (Å²) in [6, 6.07) is 13.3. The van der Waals surface area contributed by atoms with Crippen LogP contribution in [0.4, 0.5) is 28.9 Å². The lowest BCUT2D eigenvalue weighted by Crippen LogP contribution is -2.40. The van der Waals surface area contributed by atoms with E-state index in [4.69, 9.17) is 0 Å². The molecule has 4 rings (SSSR count). The van der Waals surface area contributed by atoms with E-state index in [2.05, 4.69) is 5.32 Å². The first kappa shape index (κ1) is 20.9. The van der Waals surface area contributed by atoms with Gasteiger partial charge in [-0.25, -0.2) is 12.8 Å². The summed E-state index contributed by atoms with van der Waals surface area (Å²) >= 11 is 0. The Morgan fingerprint density at radius 1 is 0.935 bits per heavy atom. The minimum absolute atomic E-state index is 0.0737. The topological polar surface area (TPSA) is 66.5 Å². The highest BCUT2D eigenvalue weighted by molar-refractivity contribution is 7.93. The molecule has 0 saturated carbocycles. The third-order valence-electron chi connectivity index (χ3n) is 4.76. The third-order valence-corrected chi connectivity index (χ3v) is 6.57. The van der Waals surface area contributed by atoms with Crippen LogP contribution in [0, 0.1) is 5.82 Å². The highest BCUT2D eigenvalue weighted by Gasteiger charge is 2.36. The maximum atomic E-state index is 13.8. The SMILES string of the molecule is O=C(CN1c2ccc(F)cc2-c2ccccc2S1(=O)=O)Nc1ccc(C(F)(F)F)cc1. The Labute approximate surface area is 175 Å². The molecule has 0 aromatic heterocycles. The van der Waals surface area contributed by atoms with E-state index in [0.717, 1.165) is 34.6 Å². The number of fused-ring (bicyclic) bond motifs is 3. The molecule has 0 unspecified atom stereocenters. The summed E-state index contributed by atoms with van der Waals surface area (Å²) in [6.07, 6.45) is -4.52. The van der Waals surface area contributed by atoms with Gasteiger partial charge in [0.2, 0.25) is 5.91 Å². The largest absolute Gasteiger partial charge is 0.416 e. The van der Waals surface area contributed by atoms with Gasteiger partial charge in [0.05, 0.1) is 16.1 Å². The molecule has 1 N–H and O–H groups in total. The second-order valence-corrected chi connectivity index (χ2v) is 8.62. The molecule has 0 saturated heterocycles. The number of hydrogen-bond donors (Lipinski definition) is 1. The molecule has 0 radical (unpaired) electrons. The fraction of sp³-hybridized carbons (Fsp3) is 0.0952. The maximum Gasteiger partial charge on any atom is 0.416 e. The molecule has 0 atom stereocenters. The van der Waals surface area contributed by atoms with Gasteiger partial charge in [0.1, 0.15) is 12.4 Å². The number of halogens is 4. The van der Waals surface area contributed by atoms with Gasteiger partial charge in [0.25, 0.3) is 10.0 Å². The number of hydrogen-bond acceptors (Lipinski definition) is 3. The lowest BCUT2D eigenvalue weighted by molar-refractivity contribution is -0.137. The van der Waals surface area contributed by atoms with E-state index >= 15 is 0 Å². The van der Waals surface area contributed by atoms with Crippen LogP contribution in [0.2, 0.25) is 0 Å². The summed E-state index contributed by atoms with van der Waals surface area (Å²) < 4.78 is 79.0. The average Bonchev–Trinajstić information content (AvgIpc) is 2.71. The first-order valence-corrected chi connectivity index (χ1v) is 10.4. The van der Waals surface area contributed by atoms with E-state index in [9.17, 15) is 30.8 Å². The molecule has 1 heterocycles. The molecule has 0 spiro atoms. The van der Waals surface area contributed by atoms with E-state index in [1.807, 2.05) is 0 Å². The van der Waals surface area contributed by atoms with Crippen molar-refractivity contribution in [1.82, 2.24) is 0 Å². The van der Waals surface area contributed by atoms with Crippen LogP contribution in [0.5, 0.6) is 0 Å². The van der Waals surface area contributed by atoms with Gasteiger partial charge in [-0.15, -0.1) is 0 Å². The Morgan fingerprint density at radius 2 is 1.61 bits per heavy atom. The molecular weight excluding hydrogens is 436 g/mol. The van der Waals surface area contributed by atoms with Gasteiger partial charge in [0.15, 0.2) is 0 Å². The number of nitrogens with one attached hydrogen (secondary N) is 1. The van der Waals surface area contributed by atoms with E-state index in [0.29, 0.717) is 11.1 Å². The number of sulfonamides is 1. The summed E-state index contributed by atoms with van der Waals surface area (Å²) in [5, 5.41) is 2.39. The van der Waals surface area contributed by atoms with Gasteiger partial charge < -0.3 is 5.32 Å². The van der Waals surface area contributed by atoms with Crippen molar-refractivity contribution >= 4 is 27.3 Å². The van der Waals surface area contributed by atoms with Crippen LogP contribution in [-0.2, 0) is 21.0 Å². The molecule has 10 heteroatoms. The molecule has 31 heavy (non-hydrogen) atoms. The predicted molar refractivity (Wildman–Crippen MR) is 106 cm³/mol. The lowest BCUT2D eigenvalue weighted by Gasteiger charge is -2.31. The van der Waals surface area contributed by atoms with Crippen LogP contribution >= 0.6 is 0 Å². The van der Waals surface area contributed by atoms with Crippen molar-refractivity contribution in [2.24, 2.45) is 0 Å². The summed E-state index contributed by atoms with van der Waals surface area (Å²) in [6.45, 7) is -0.643. The summed E-state index contributed by atoms with van der Waals surface area (Å²) in [7, 11) is -4.12. The van der Waals surface area contributed by atoms with Crippen molar-refractivity contribution in [2.45, 2.75) is 11.1 Å². The zero-order valence-electron chi connectivity index (χ0n) is 15.7. The molecule has 0 bridgehead atoms. The van der Waals surface area contributed by atoms with E-state index in [-0.39, 0.29) is 16.3 Å². The number of amides is 1. The zero-order valence-corrected chi connectivity index (χ0v) is 16.5. The van der Waals surface area contributed by atoms with Crippen molar-refractivity contribution in [2.75, 3.05) is 16.2 Å². The minimum atomic E-state index is -4.52. The number of rotatable bonds is 3. The zero-order chi connectivity index (χ0) is 22.4. The van der Waals surface area contributed by atoms with Crippen LogP contribution in [0.15, 0.2) is 71.6 Å². The number of alkyl halides is 3. The standard InChI is InChI=1S/C21H14F4N2O3S/c22-14-7-10-18-17(11-14)16-3-1-2-4-19(16)31(29,30)27(18)12-20(28)26-15-8-5-13(6-9-15)21(23,24)25/h1-11H,12H2,(H,26,28). The van der Waals surface area contributed by atoms with Crippen molar-refractivity contribution < 1.29 is 30.8 Å². The fourth-order valence-electron chi connectivity index (χ4n) is 3.35. The molecule has 3 aromatic carbocycles. The van der Waals surface area contributed by atoms with Crippen molar-refractivity contribution in [3.63, 3.8) is 0 Å². The van der Waals surface area contributed by atoms with Gasteiger partial charge in [-0.1, -0.05) is 18.2 Å². The molecule has 0 aliphatic carbocycles. The molecule has 160 valence electrons. The Morgan fingerprint density at radius 3 is 2.29 bits per heavy atom. The van der Waals surface area contributed by atoms with Gasteiger partial charge >= 0.3 is 6.18 Å². The first-order valence-electron chi connectivity index (χ1n) is 8.96. The summed E-state index contributed by atoms with van der Waals surface area (Å²) in [4.78, 5) is 12.5. The number of carbonyl (C=O) groups excluding carboxylic acids is 1.